The minimum absolute atomic E-state index is 0.184. The van der Waals surface area contributed by atoms with Crippen LogP contribution < -0.4 is 0 Å². The summed E-state index contributed by atoms with van der Waals surface area (Å²) in [5.41, 5.74) is 0.282. The molecule has 0 spiro atoms. The monoisotopic (exact) mass is 334 g/mol. The molecule has 0 aliphatic carbocycles. The lowest BCUT2D eigenvalue weighted by Crippen LogP contribution is -2.47. The number of rotatable bonds is 1. The molecule has 1 heterocycles. The van der Waals surface area contributed by atoms with Crippen molar-refractivity contribution in [2.75, 3.05) is 33.2 Å². The van der Waals surface area contributed by atoms with Gasteiger partial charge in [-0.1, -0.05) is 11.6 Å². The Morgan fingerprint density at radius 2 is 1.94 bits per heavy atom. The number of carbonyl (C=O) groups is 1. The van der Waals surface area contributed by atoms with Crippen molar-refractivity contribution in [1.82, 2.24) is 9.80 Å². The van der Waals surface area contributed by atoms with Crippen LogP contribution in [0.3, 0.4) is 0 Å². The third kappa shape index (κ3) is 2.84. The summed E-state index contributed by atoms with van der Waals surface area (Å²) < 4.78 is 13.8. The molecule has 0 aromatic heterocycles. The maximum atomic E-state index is 13.3. The third-order valence-corrected chi connectivity index (χ3v) is 4.39. The molecule has 0 radical (unpaired) electrons. The highest BCUT2D eigenvalue weighted by atomic mass is 79.9. The zero-order valence-electron chi connectivity index (χ0n) is 9.92. The van der Waals surface area contributed by atoms with Crippen molar-refractivity contribution in [2.45, 2.75) is 0 Å². The van der Waals surface area contributed by atoms with Gasteiger partial charge in [-0.2, -0.15) is 0 Å². The molecule has 0 N–H and O–H groups in total. The second-order valence-electron chi connectivity index (χ2n) is 4.34. The molecule has 3 nitrogen and oxygen atoms in total. The van der Waals surface area contributed by atoms with Crippen LogP contribution in [0.25, 0.3) is 0 Å². The Bertz CT molecular complexity index is 475. The van der Waals surface area contributed by atoms with Crippen LogP contribution in [0.5, 0.6) is 0 Å². The van der Waals surface area contributed by atoms with E-state index in [1.807, 2.05) is 7.05 Å². The molecule has 1 aliphatic rings. The SMILES string of the molecule is CN1CCN(C(=O)c2cc(F)cc(Cl)c2Br)CC1. The van der Waals surface area contributed by atoms with Crippen LogP contribution in [-0.4, -0.2) is 48.9 Å². The van der Waals surface area contributed by atoms with Crippen molar-refractivity contribution in [3.63, 3.8) is 0 Å². The molecule has 0 saturated carbocycles. The average Bonchev–Trinajstić information content (AvgIpc) is 2.34. The van der Waals surface area contributed by atoms with E-state index in [9.17, 15) is 9.18 Å². The number of hydrogen-bond acceptors (Lipinski definition) is 2. The lowest BCUT2D eigenvalue weighted by atomic mass is 10.1. The van der Waals surface area contributed by atoms with Crippen molar-refractivity contribution >= 4 is 33.4 Å². The van der Waals surface area contributed by atoms with Crippen LogP contribution in [0.2, 0.25) is 5.02 Å². The molecule has 1 amide bonds. The van der Waals surface area contributed by atoms with E-state index < -0.39 is 5.82 Å². The summed E-state index contributed by atoms with van der Waals surface area (Å²) in [6.07, 6.45) is 0. The van der Waals surface area contributed by atoms with E-state index >= 15 is 0 Å². The Morgan fingerprint density at radius 3 is 2.56 bits per heavy atom. The summed E-state index contributed by atoms with van der Waals surface area (Å²) in [6, 6.07) is 2.41. The molecular formula is C12H13BrClFN2O. The van der Waals surface area contributed by atoms with Gasteiger partial charge in [0.05, 0.1) is 10.6 Å². The summed E-state index contributed by atoms with van der Waals surface area (Å²) in [5.74, 6) is -0.683. The van der Waals surface area contributed by atoms with E-state index in [0.29, 0.717) is 17.6 Å². The highest BCUT2D eigenvalue weighted by Gasteiger charge is 2.23. The minimum atomic E-state index is -0.499. The first kappa shape index (κ1) is 13.8. The number of piperazine rings is 1. The molecule has 2 rings (SSSR count). The Kier molecular flexibility index (Phi) is 4.25. The summed E-state index contributed by atoms with van der Waals surface area (Å²) in [5, 5.41) is 0.215. The quantitative estimate of drug-likeness (QED) is 0.737. The third-order valence-electron chi connectivity index (χ3n) is 3.01. The number of nitrogens with zero attached hydrogens (tertiary/aromatic N) is 2. The molecule has 0 atom stereocenters. The summed E-state index contributed by atoms with van der Waals surface area (Å²) >= 11 is 9.10. The topological polar surface area (TPSA) is 23.6 Å². The van der Waals surface area contributed by atoms with Gasteiger partial charge in [-0.15, -0.1) is 0 Å². The van der Waals surface area contributed by atoms with Crippen molar-refractivity contribution < 1.29 is 9.18 Å². The second kappa shape index (κ2) is 5.55. The largest absolute Gasteiger partial charge is 0.336 e. The van der Waals surface area contributed by atoms with Crippen LogP contribution in [-0.2, 0) is 0 Å². The van der Waals surface area contributed by atoms with Crippen LogP contribution >= 0.6 is 27.5 Å². The van der Waals surface area contributed by atoms with Gasteiger partial charge in [0, 0.05) is 30.7 Å². The van der Waals surface area contributed by atoms with Gasteiger partial charge in [-0.05, 0) is 35.1 Å². The van der Waals surface area contributed by atoms with Gasteiger partial charge in [-0.25, -0.2) is 4.39 Å². The van der Waals surface area contributed by atoms with E-state index in [2.05, 4.69) is 20.8 Å². The molecule has 6 heteroatoms. The van der Waals surface area contributed by atoms with Crippen LogP contribution in [0, 0.1) is 5.82 Å². The summed E-state index contributed by atoms with van der Waals surface area (Å²) in [4.78, 5) is 16.2. The van der Waals surface area contributed by atoms with Crippen molar-refractivity contribution in [2.24, 2.45) is 0 Å². The lowest BCUT2D eigenvalue weighted by Gasteiger charge is -2.32. The fourth-order valence-corrected chi connectivity index (χ4v) is 2.50. The number of carbonyl (C=O) groups excluding carboxylic acids is 1. The van der Waals surface area contributed by atoms with Crippen molar-refractivity contribution in [1.29, 1.82) is 0 Å². The molecule has 1 aliphatic heterocycles. The molecule has 1 saturated heterocycles. The molecular weight excluding hydrogens is 322 g/mol. The Morgan fingerprint density at radius 1 is 1.33 bits per heavy atom. The fraction of sp³-hybridized carbons (Fsp3) is 0.417. The Hall–Kier alpha value is -0.650. The Labute approximate surface area is 119 Å². The maximum absolute atomic E-state index is 13.3. The van der Waals surface area contributed by atoms with Crippen LogP contribution in [0.4, 0.5) is 4.39 Å². The summed E-state index contributed by atoms with van der Waals surface area (Å²) in [6.45, 7) is 2.95. The smallest absolute Gasteiger partial charge is 0.255 e. The van der Waals surface area contributed by atoms with Crippen molar-refractivity contribution in [3.8, 4) is 0 Å². The number of hydrogen-bond donors (Lipinski definition) is 0. The Balaban J connectivity index is 2.23. The normalized spacial score (nSPS) is 17.0. The minimum Gasteiger partial charge on any atom is -0.336 e. The van der Waals surface area contributed by atoms with E-state index in [4.69, 9.17) is 11.6 Å². The lowest BCUT2D eigenvalue weighted by molar-refractivity contribution is 0.0662. The maximum Gasteiger partial charge on any atom is 0.255 e. The average molecular weight is 336 g/mol. The first-order valence-corrected chi connectivity index (χ1v) is 6.78. The number of benzene rings is 1. The first-order chi connectivity index (χ1) is 8.49. The van der Waals surface area contributed by atoms with E-state index in [-0.39, 0.29) is 16.5 Å². The van der Waals surface area contributed by atoms with Gasteiger partial charge < -0.3 is 9.80 Å². The van der Waals surface area contributed by atoms with Gasteiger partial charge in [-0.3, -0.25) is 4.79 Å². The molecule has 1 aromatic carbocycles. The second-order valence-corrected chi connectivity index (χ2v) is 5.54. The van der Waals surface area contributed by atoms with Crippen LogP contribution in [0.1, 0.15) is 10.4 Å². The van der Waals surface area contributed by atoms with Gasteiger partial charge in [0.1, 0.15) is 5.82 Å². The first-order valence-electron chi connectivity index (χ1n) is 5.61. The zero-order chi connectivity index (χ0) is 13.3. The highest BCUT2D eigenvalue weighted by molar-refractivity contribution is 9.10. The predicted molar refractivity (Wildman–Crippen MR) is 72.5 cm³/mol. The van der Waals surface area contributed by atoms with E-state index in [1.165, 1.54) is 12.1 Å². The predicted octanol–water partition coefficient (Wildman–Crippen LogP) is 2.63. The molecule has 18 heavy (non-hydrogen) atoms. The summed E-state index contributed by atoms with van der Waals surface area (Å²) in [7, 11) is 2.01. The van der Waals surface area contributed by atoms with E-state index in [1.54, 1.807) is 4.90 Å². The number of halogens is 3. The van der Waals surface area contributed by atoms with Gasteiger partial charge in [0.2, 0.25) is 0 Å². The molecule has 1 fully saturated rings. The van der Waals surface area contributed by atoms with Crippen molar-refractivity contribution in [3.05, 3.63) is 33.0 Å². The zero-order valence-corrected chi connectivity index (χ0v) is 12.3. The van der Waals surface area contributed by atoms with Gasteiger partial charge in [0.25, 0.3) is 5.91 Å². The van der Waals surface area contributed by atoms with E-state index in [0.717, 1.165) is 13.1 Å². The number of likely N-dealkylation sites (N-methyl/N-ethyl adjacent to an activating group) is 1. The molecule has 1 aromatic rings. The van der Waals surface area contributed by atoms with Gasteiger partial charge >= 0.3 is 0 Å². The fourth-order valence-electron chi connectivity index (χ4n) is 1.89. The molecule has 0 bridgehead atoms. The van der Waals surface area contributed by atoms with Crippen LogP contribution in [0.15, 0.2) is 16.6 Å². The van der Waals surface area contributed by atoms with Gasteiger partial charge in [0.15, 0.2) is 0 Å². The highest BCUT2D eigenvalue weighted by Crippen LogP contribution is 2.28. The molecule has 98 valence electrons. The number of amides is 1. The standard InChI is InChI=1S/C12H13BrClFN2O/c1-16-2-4-17(5-3-16)12(18)9-6-8(15)7-10(14)11(9)13/h6-7H,2-5H2,1H3. The molecule has 0 unspecified atom stereocenters.